The molecule has 0 radical (unpaired) electrons. The zero-order chi connectivity index (χ0) is 10.6. The van der Waals surface area contributed by atoms with E-state index in [4.69, 9.17) is 23.2 Å². The Kier molecular flexibility index (Phi) is 4.46. The Morgan fingerprint density at radius 1 is 1.29 bits per heavy atom. The van der Waals surface area contributed by atoms with Crippen LogP contribution in [-0.2, 0) is 0 Å². The van der Waals surface area contributed by atoms with Gasteiger partial charge in [-0.15, -0.1) is 0 Å². The predicted octanol–water partition coefficient (Wildman–Crippen LogP) is 3.48. The van der Waals surface area contributed by atoms with Crippen molar-refractivity contribution in [2.24, 2.45) is 0 Å². The van der Waals surface area contributed by atoms with Crippen LogP contribution in [0.15, 0.2) is 30.3 Å². The summed E-state index contributed by atoms with van der Waals surface area (Å²) in [5.41, 5.74) is 0.998. The Morgan fingerprint density at radius 3 is 2.36 bits per heavy atom. The summed E-state index contributed by atoms with van der Waals surface area (Å²) >= 11 is 11.9. The van der Waals surface area contributed by atoms with Crippen LogP contribution in [0.5, 0.6) is 0 Å². The molecule has 76 valence electrons. The molecule has 0 aliphatic heterocycles. The highest BCUT2D eigenvalue weighted by Gasteiger charge is 1.97. The van der Waals surface area contributed by atoms with Crippen LogP contribution in [0.3, 0.4) is 0 Å². The predicted molar refractivity (Wildman–Crippen MR) is 63.8 cm³/mol. The van der Waals surface area contributed by atoms with Crippen LogP contribution in [0, 0.1) is 0 Å². The molecule has 0 heterocycles. The van der Waals surface area contributed by atoms with Gasteiger partial charge in [-0.05, 0) is 31.8 Å². The number of likely N-dealkylation sites (N-methyl/N-ethyl adjacent to an activating group) is 1. The molecule has 0 saturated carbocycles. The van der Waals surface area contributed by atoms with E-state index in [9.17, 15) is 0 Å². The third-order valence-electron chi connectivity index (χ3n) is 1.76. The zero-order valence-electron chi connectivity index (χ0n) is 8.30. The van der Waals surface area contributed by atoms with E-state index >= 15 is 0 Å². The molecule has 0 N–H and O–H groups in total. The highest BCUT2D eigenvalue weighted by atomic mass is 35.5. The number of hydrogen-bond donors (Lipinski definition) is 0. The van der Waals surface area contributed by atoms with Crippen molar-refractivity contribution in [2.45, 2.75) is 0 Å². The molecule has 0 saturated heterocycles. The average molecular weight is 230 g/mol. The van der Waals surface area contributed by atoms with Crippen LogP contribution in [0.1, 0.15) is 5.56 Å². The Bertz CT molecular complexity index is 315. The van der Waals surface area contributed by atoms with Crippen molar-refractivity contribution in [3.63, 3.8) is 0 Å². The fourth-order valence-corrected chi connectivity index (χ4v) is 1.31. The van der Waals surface area contributed by atoms with Crippen LogP contribution in [-0.4, -0.2) is 25.5 Å². The van der Waals surface area contributed by atoms with Crippen LogP contribution in [0.2, 0.25) is 5.02 Å². The molecule has 0 aliphatic rings. The third-order valence-corrected chi connectivity index (χ3v) is 2.38. The molecule has 0 unspecified atom stereocenters. The first-order valence-corrected chi connectivity index (χ1v) is 5.11. The van der Waals surface area contributed by atoms with Crippen molar-refractivity contribution in [2.75, 3.05) is 20.6 Å². The van der Waals surface area contributed by atoms with E-state index in [1.54, 1.807) is 0 Å². The van der Waals surface area contributed by atoms with Crippen LogP contribution in [0.4, 0.5) is 0 Å². The van der Waals surface area contributed by atoms with Crippen LogP contribution in [0.25, 0.3) is 5.03 Å². The number of halogens is 2. The lowest BCUT2D eigenvalue weighted by molar-refractivity contribution is 0.457. The zero-order valence-corrected chi connectivity index (χ0v) is 9.81. The molecule has 3 heteroatoms. The van der Waals surface area contributed by atoms with Gasteiger partial charge >= 0.3 is 0 Å². The molecule has 0 aliphatic carbocycles. The third kappa shape index (κ3) is 3.70. The van der Waals surface area contributed by atoms with E-state index in [2.05, 4.69) is 4.90 Å². The molecule has 1 aromatic rings. The van der Waals surface area contributed by atoms with Crippen molar-refractivity contribution in [1.29, 1.82) is 0 Å². The van der Waals surface area contributed by atoms with Crippen LogP contribution < -0.4 is 0 Å². The second-order valence-corrected chi connectivity index (χ2v) is 4.16. The SMILES string of the molecule is CN(C)C/C=C(\Cl)c1ccc(Cl)cc1. The first-order valence-electron chi connectivity index (χ1n) is 4.36. The molecule has 1 rings (SSSR count). The van der Waals surface area contributed by atoms with Gasteiger partial charge in [-0.1, -0.05) is 41.4 Å². The first kappa shape index (κ1) is 11.6. The first-order chi connectivity index (χ1) is 6.59. The summed E-state index contributed by atoms with van der Waals surface area (Å²) in [6.07, 6.45) is 1.98. The summed E-state index contributed by atoms with van der Waals surface area (Å²) in [6.45, 7) is 0.835. The maximum Gasteiger partial charge on any atom is 0.0451 e. The van der Waals surface area contributed by atoms with Gasteiger partial charge in [0.25, 0.3) is 0 Å². The van der Waals surface area contributed by atoms with Gasteiger partial charge in [0.05, 0.1) is 0 Å². The van der Waals surface area contributed by atoms with E-state index in [0.717, 1.165) is 22.2 Å². The standard InChI is InChI=1S/C11H13Cl2N/c1-14(2)8-7-11(13)9-3-5-10(12)6-4-9/h3-7H,8H2,1-2H3/b11-7-. The minimum Gasteiger partial charge on any atom is -0.306 e. The average Bonchev–Trinajstić information content (AvgIpc) is 2.15. The molecule has 1 nitrogen and oxygen atoms in total. The Labute approximate surface area is 94.9 Å². The van der Waals surface area contributed by atoms with Gasteiger partial charge in [-0.25, -0.2) is 0 Å². The second-order valence-electron chi connectivity index (χ2n) is 3.32. The van der Waals surface area contributed by atoms with Gasteiger partial charge in [0.1, 0.15) is 0 Å². The summed E-state index contributed by atoms with van der Waals surface area (Å²) in [5, 5.41) is 1.49. The largest absolute Gasteiger partial charge is 0.306 e. The lowest BCUT2D eigenvalue weighted by Gasteiger charge is -2.05. The van der Waals surface area contributed by atoms with Gasteiger partial charge in [-0.2, -0.15) is 0 Å². The van der Waals surface area contributed by atoms with E-state index in [-0.39, 0.29) is 0 Å². The molecule has 14 heavy (non-hydrogen) atoms. The van der Waals surface area contributed by atoms with E-state index < -0.39 is 0 Å². The topological polar surface area (TPSA) is 3.24 Å². The van der Waals surface area contributed by atoms with Gasteiger partial charge in [0.2, 0.25) is 0 Å². The second kappa shape index (κ2) is 5.40. The maximum atomic E-state index is 6.09. The summed E-state index contributed by atoms with van der Waals surface area (Å²) in [5.74, 6) is 0. The van der Waals surface area contributed by atoms with Crippen molar-refractivity contribution >= 4 is 28.2 Å². The van der Waals surface area contributed by atoms with Gasteiger partial charge < -0.3 is 4.90 Å². The summed E-state index contributed by atoms with van der Waals surface area (Å²) in [7, 11) is 4.01. The number of benzene rings is 1. The molecular weight excluding hydrogens is 217 g/mol. The van der Waals surface area contributed by atoms with E-state index in [0.29, 0.717) is 0 Å². The highest BCUT2D eigenvalue weighted by molar-refractivity contribution is 6.48. The lowest BCUT2D eigenvalue weighted by atomic mass is 10.2. The van der Waals surface area contributed by atoms with E-state index in [1.165, 1.54) is 0 Å². The molecule has 0 amide bonds. The van der Waals surface area contributed by atoms with E-state index in [1.807, 2.05) is 44.4 Å². The molecular formula is C11H13Cl2N. The van der Waals surface area contributed by atoms with Crippen LogP contribution >= 0.6 is 23.2 Å². The van der Waals surface area contributed by atoms with Gasteiger partial charge in [0, 0.05) is 16.6 Å². The Balaban J connectivity index is 2.73. The number of hydrogen-bond acceptors (Lipinski definition) is 1. The smallest absolute Gasteiger partial charge is 0.0451 e. The molecule has 1 aromatic carbocycles. The summed E-state index contributed by atoms with van der Waals surface area (Å²) in [6, 6.07) is 7.50. The van der Waals surface area contributed by atoms with Crippen molar-refractivity contribution in [3.8, 4) is 0 Å². The monoisotopic (exact) mass is 229 g/mol. The fourth-order valence-electron chi connectivity index (χ4n) is 0.990. The van der Waals surface area contributed by atoms with Gasteiger partial charge in [-0.3, -0.25) is 0 Å². The molecule has 0 spiro atoms. The normalized spacial score (nSPS) is 12.2. The Hall–Kier alpha value is -0.500. The lowest BCUT2D eigenvalue weighted by Crippen LogP contribution is -2.10. The number of nitrogens with zero attached hydrogens (tertiary/aromatic N) is 1. The van der Waals surface area contributed by atoms with Gasteiger partial charge in [0.15, 0.2) is 0 Å². The molecule has 0 aromatic heterocycles. The Morgan fingerprint density at radius 2 is 1.86 bits per heavy atom. The van der Waals surface area contributed by atoms with Crippen molar-refractivity contribution < 1.29 is 0 Å². The van der Waals surface area contributed by atoms with Crippen molar-refractivity contribution in [1.82, 2.24) is 4.90 Å². The maximum absolute atomic E-state index is 6.09. The number of rotatable bonds is 3. The fraction of sp³-hybridized carbons (Fsp3) is 0.273. The summed E-state index contributed by atoms with van der Waals surface area (Å²) in [4.78, 5) is 2.05. The molecule has 0 fully saturated rings. The quantitative estimate of drug-likeness (QED) is 0.768. The summed E-state index contributed by atoms with van der Waals surface area (Å²) < 4.78 is 0. The molecule has 0 atom stereocenters. The minimum atomic E-state index is 0.728. The highest BCUT2D eigenvalue weighted by Crippen LogP contribution is 2.20. The minimum absolute atomic E-state index is 0.728. The molecule has 0 bridgehead atoms. The van der Waals surface area contributed by atoms with Crippen molar-refractivity contribution in [3.05, 3.63) is 40.9 Å².